The number of rotatable bonds is 0. The largest absolute Gasteiger partial charge is 0.411 e. The van der Waals surface area contributed by atoms with Gasteiger partial charge in [-0.15, -0.1) is 0 Å². The summed E-state index contributed by atoms with van der Waals surface area (Å²) in [6.45, 7) is 6.48. The molecule has 3 saturated carbocycles. The van der Waals surface area contributed by atoms with Crippen molar-refractivity contribution in [3.05, 3.63) is 11.6 Å². The third-order valence-corrected chi connectivity index (χ3v) is 8.90. The van der Waals surface area contributed by atoms with Gasteiger partial charge in [-0.05, 0) is 74.2 Å². The van der Waals surface area contributed by atoms with Crippen LogP contribution < -0.4 is 0 Å². The van der Waals surface area contributed by atoms with Crippen LogP contribution >= 0.6 is 0 Å². The molecule has 25 heavy (non-hydrogen) atoms. The fourth-order valence-corrected chi connectivity index (χ4v) is 7.54. The number of hydrogen-bond donors (Lipinski definition) is 1. The minimum atomic E-state index is -0.289. The van der Waals surface area contributed by atoms with Gasteiger partial charge in [0.2, 0.25) is 0 Å². The topological polar surface area (TPSA) is 51.1 Å². The van der Waals surface area contributed by atoms with Gasteiger partial charge in [0.05, 0.1) is 18.9 Å². The van der Waals surface area contributed by atoms with E-state index in [0.717, 1.165) is 62.4 Å². The summed E-state index contributed by atoms with van der Waals surface area (Å²) >= 11 is 0. The summed E-state index contributed by atoms with van der Waals surface area (Å²) < 4.78 is 12.5. The zero-order valence-corrected chi connectivity index (χ0v) is 15.6. The predicted molar refractivity (Wildman–Crippen MR) is 95.6 cm³/mol. The third kappa shape index (κ3) is 1.98. The van der Waals surface area contributed by atoms with Crippen LogP contribution in [0.25, 0.3) is 0 Å². The highest BCUT2D eigenvalue weighted by atomic mass is 16.7. The highest BCUT2D eigenvalue weighted by molar-refractivity contribution is 5.96. The minimum Gasteiger partial charge on any atom is -0.411 e. The van der Waals surface area contributed by atoms with Crippen LogP contribution in [0.3, 0.4) is 0 Å². The molecular formula is C21H31NO3. The van der Waals surface area contributed by atoms with Crippen LogP contribution in [-0.4, -0.2) is 29.9 Å². The fourth-order valence-electron chi connectivity index (χ4n) is 7.54. The van der Waals surface area contributed by atoms with Crippen LogP contribution in [-0.2, 0) is 9.47 Å². The van der Waals surface area contributed by atoms with Crippen molar-refractivity contribution in [1.82, 2.24) is 0 Å². The molecule has 1 aliphatic heterocycles. The molecule has 0 aromatic carbocycles. The Balaban J connectivity index is 1.48. The van der Waals surface area contributed by atoms with E-state index in [0.29, 0.717) is 5.41 Å². The van der Waals surface area contributed by atoms with Crippen LogP contribution in [0.2, 0.25) is 0 Å². The van der Waals surface area contributed by atoms with Crippen LogP contribution in [0, 0.1) is 28.6 Å². The third-order valence-electron chi connectivity index (χ3n) is 8.90. The number of ether oxygens (including phenoxy) is 2. The second-order valence-corrected chi connectivity index (χ2v) is 9.54. The Bertz CT molecular complexity index is 635. The molecule has 138 valence electrons. The van der Waals surface area contributed by atoms with E-state index in [1.165, 1.54) is 31.3 Å². The van der Waals surface area contributed by atoms with Crippen molar-refractivity contribution in [1.29, 1.82) is 0 Å². The van der Waals surface area contributed by atoms with Crippen molar-refractivity contribution in [2.45, 2.75) is 71.0 Å². The lowest BCUT2D eigenvalue weighted by Gasteiger charge is -2.59. The Morgan fingerprint density at radius 1 is 1.00 bits per heavy atom. The predicted octanol–water partition coefficient (Wildman–Crippen LogP) is 4.52. The molecule has 1 N–H and O–H groups in total. The Morgan fingerprint density at radius 3 is 2.52 bits per heavy atom. The molecule has 5 aliphatic rings. The first-order chi connectivity index (χ1) is 12.0. The number of fused-ring (bicyclic) bond motifs is 6. The van der Waals surface area contributed by atoms with E-state index in [2.05, 4.69) is 25.1 Å². The van der Waals surface area contributed by atoms with Gasteiger partial charge in [0, 0.05) is 11.8 Å². The van der Waals surface area contributed by atoms with Crippen molar-refractivity contribution in [2.75, 3.05) is 13.2 Å². The molecule has 0 bridgehead atoms. The van der Waals surface area contributed by atoms with Gasteiger partial charge in [-0.2, -0.15) is 0 Å². The Kier molecular flexibility index (Phi) is 3.47. The second-order valence-electron chi connectivity index (χ2n) is 9.54. The lowest BCUT2D eigenvalue weighted by Crippen LogP contribution is -2.55. The van der Waals surface area contributed by atoms with Gasteiger partial charge in [0.25, 0.3) is 0 Å². The molecule has 1 saturated heterocycles. The fraction of sp³-hybridized carbons (Fsp3) is 0.857. The average Bonchev–Trinajstić information content (AvgIpc) is 3.21. The normalized spacial score (nSPS) is 49.6. The van der Waals surface area contributed by atoms with Crippen molar-refractivity contribution < 1.29 is 14.7 Å². The molecule has 5 rings (SSSR count). The lowest BCUT2D eigenvalue weighted by molar-refractivity contribution is -0.242. The lowest BCUT2D eigenvalue weighted by atomic mass is 9.47. The molecule has 4 fully saturated rings. The summed E-state index contributed by atoms with van der Waals surface area (Å²) in [5.74, 6) is 2.00. The molecule has 0 unspecified atom stereocenters. The average molecular weight is 345 g/mol. The molecular weight excluding hydrogens is 314 g/mol. The number of allylic oxidation sites excluding steroid dienone is 2. The van der Waals surface area contributed by atoms with Gasteiger partial charge in [-0.3, -0.25) is 0 Å². The standard InChI is InChI=1S/C21H31NO3/c1-19-8-5-15(22-23)13-14(19)3-4-16-17(19)6-9-20(2)18(16)7-10-21(20)24-11-12-25-21/h13,16-18,23H,3-12H2,1-2H3/b22-15-/t16-,17+,18+,19+,20+/m1/s1. The van der Waals surface area contributed by atoms with Gasteiger partial charge < -0.3 is 14.7 Å². The van der Waals surface area contributed by atoms with Gasteiger partial charge in [0.15, 0.2) is 5.79 Å². The maximum atomic E-state index is 9.19. The summed E-state index contributed by atoms with van der Waals surface area (Å²) in [5.41, 5.74) is 2.90. The zero-order chi connectivity index (χ0) is 17.3. The first kappa shape index (κ1) is 16.3. The molecule has 0 amide bonds. The Hall–Kier alpha value is -0.870. The van der Waals surface area contributed by atoms with Crippen LogP contribution in [0.4, 0.5) is 0 Å². The molecule has 4 aliphatic carbocycles. The van der Waals surface area contributed by atoms with Crippen LogP contribution in [0.1, 0.15) is 65.2 Å². The Morgan fingerprint density at radius 2 is 1.76 bits per heavy atom. The summed E-state index contributed by atoms with van der Waals surface area (Å²) in [7, 11) is 0. The maximum absolute atomic E-state index is 9.19. The molecule has 0 aromatic rings. The quantitative estimate of drug-likeness (QED) is 0.519. The number of oxime groups is 1. The zero-order valence-electron chi connectivity index (χ0n) is 15.6. The van der Waals surface area contributed by atoms with E-state index < -0.39 is 0 Å². The molecule has 0 aromatic heterocycles. The van der Waals surface area contributed by atoms with Crippen molar-refractivity contribution in [3.8, 4) is 0 Å². The smallest absolute Gasteiger partial charge is 0.174 e. The van der Waals surface area contributed by atoms with E-state index in [-0.39, 0.29) is 11.2 Å². The Labute approximate surface area is 150 Å². The highest BCUT2D eigenvalue weighted by Gasteiger charge is 2.66. The summed E-state index contributed by atoms with van der Waals surface area (Å²) in [6.07, 6.45) is 11.5. The van der Waals surface area contributed by atoms with Crippen molar-refractivity contribution >= 4 is 5.71 Å². The van der Waals surface area contributed by atoms with E-state index >= 15 is 0 Å². The monoisotopic (exact) mass is 345 g/mol. The van der Waals surface area contributed by atoms with Crippen LogP contribution in [0.15, 0.2) is 16.8 Å². The van der Waals surface area contributed by atoms with Gasteiger partial charge in [0.1, 0.15) is 0 Å². The molecule has 1 spiro atoms. The first-order valence-electron chi connectivity index (χ1n) is 10.2. The van der Waals surface area contributed by atoms with Crippen molar-refractivity contribution in [3.63, 3.8) is 0 Å². The molecule has 1 heterocycles. The van der Waals surface area contributed by atoms with E-state index in [1.54, 1.807) is 0 Å². The summed E-state index contributed by atoms with van der Waals surface area (Å²) in [6, 6.07) is 0. The molecule has 4 heteroatoms. The summed E-state index contributed by atoms with van der Waals surface area (Å²) in [5, 5.41) is 12.7. The first-order valence-corrected chi connectivity index (χ1v) is 10.2. The van der Waals surface area contributed by atoms with Gasteiger partial charge in [-0.1, -0.05) is 24.6 Å². The van der Waals surface area contributed by atoms with Crippen molar-refractivity contribution in [2.24, 2.45) is 33.7 Å². The summed E-state index contributed by atoms with van der Waals surface area (Å²) in [4.78, 5) is 0. The second kappa shape index (κ2) is 5.32. The minimum absolute atomic E-state index is 0.189. The molecule has 5 atom stereocenters. The van der Waals surface area contributed by atoms with E-state index in [9.17, 15) is 5.21 Å². The van der Waals surface area contributed by atoms with Gasteiger partial charge >= 0.3 is 0 Å². The van der Waals surface area contributed by atoms with E-state index in [1.807, 2.05) is 0 Å². The maximum Gasteiger partial charge on any atom is 0.174 e. The highest BCUT2D eigenvalue weighted by Crippen LogP contribution is 2.68. The molecule has 0 radical (unpaired) electrons. The number of nitrogens with zero attached hydrogens (tertiary/aromatic N) is 1. The SMILES string of the molecule is C[C@]12CC/C(=N/O)C=C1CC[C@@H]1[C@@H]2CC[C@@]2(C)[C@H]1CCC21OCCO1. The van der Waals surface area contributed by atoms with Crippen LogP contribution in [0.5, 0.6) is 0 Å². The van der Waals surface area contributed by atoms with E-state index in [4.69, 9.17) is 9.47 Å². The number of hydrogen-bond acceptors (Lipinski definition) is 4. The van der Waals surface area contributed by atoms with Gasteiger partial charge in [-0.25, -0.2) is 0 Å². The molecule has 4 nitrogen and oxygen atoms in total.